The monoisotopic (exact) mass is 322 g/mol. The lowest BCUT2D eigenvalue weighted by molar-refractivity contribution is 0.0624. The summed E-state index contributed by atoms with van der Waals surface area (Å²) in [5.74, 6) is 0.737. The fourth-order valence-corrected chi connectivity index (χ4v) is 2.94. The number of methoxy groups -OCH3 is 1. The number of rotatable bonds is 6. The molecule has 4 heteroatoms. The van der Waals surface area contributed by atoms with Crippen molar-refractivity contribution in [3.05, 3.63) is 71.5 Å². The van der Waals surface area contributed by atoms with E-state index < -0.39 is 5.54 Å². The van der Waals surface area contributed by atoms with Crippen LogP contribution in [-0.4, -0.2) is 24.5 Å². The van der Waals surface area contributed by atoms with Crippen molar-refractivity contribution in [2.75, 3.05) is 13.7 Å². The Morgan fingerprint density at radius 2 is 2.21 bits per heavy atom. The van der Waals surface area contributed by atoms with Gasteiger partial charge < -0.3 is 9.64 Å². The first-order valence-corrected chi connectivity index (χ1v) is 7.85. The minimum Gasteiger partial charge on any atom is -0.497 e. The lowest BCUT2D eigenvalue weighted by Crippen LogP contribution is -2.39. The second kappa shape index (κ2) is 7.18. The van der Waals surface area contributed by atoms with Crippen LogP contribution in [-0.2, 0) is 10.3 Å². The third-order valence-electron chi connectivity index (χ3n) is 4.28. The van der Waals surface area contributed by atoms with Gasteiger partial charge in [-0.15, -0.1) is 0 Å². The Bertz CT molecular complexity index is 751. The van der Waals surface area contributed by atoms with Crippen molar-refractivity contribution in [3.8, 4) is 6.07 Å². The molecule has 0 unspecified atom stereocenters. The highest BCUT2D eigenvalue weighted by Gasteiger charge is 2.42. The molecule has 1 amide bonds. The van der Waals surface area contributed by atoms with Gasteiger partial charge in [0, 0.05) is 12.1 Å². The van der Waals surface area contributed by atoms with E-state index in [2.05, 4.69) is 12.6 Å². The molecule has 1 aromatic rings. The first-order chi connectivity index (χ1) is 11.5. The van der Waals surface area contributed by atoms with Crippen LogP contribution in [0.25, 0.3) is 0 Å². The van der Waals surface area contributed by atoms with Crippen LogP contribution in [0.2, 0.25) is 0 Å². The number of carbonyl (C=O) groups excluding carboxylic acids is 1. The lowest BCUT2D eigenvalue weighted by Gasteiger charge is -2.32. The first-order valence-electron chi connectivity index (χ1n) is 7.85. The maximum atomic E-state index is 12.7. The van der Waals surface area contributed by atoms with E-state index in [1.807, 2.05) is 37.0 Å². The van der Waals surface area contributed by atoms with Crippen molar-refractivity contribution in [1.82, 2.24) is 4.90 Å². The van der Waals surface area contributed by atoms with E-state index >= 15 is 0 Å². The minimum absolute atomic E-state index is 0.0153. The van der Waals surface area contributed by atoms with Gasteiger partial charge in [-0.3, -0.25) is 4.79 Å². The summed E-state index contributed by atoms with van der Waals surface area (Å²) in [6.45, 7) is 8.27. The van der Waals surface area contributed by atoms with Crippen LogP contribution in [0.15, 0.2) is 54.8 Å². The normalized spacial score (nSPS) is 16.2. The fraction of sp³-hybridized carbons (Fsp3) is 0.300. The molecule has 0 aliphatic carbocycles. The SMILES string of the molecule is C=C/C=C(\C=C/CCN1C(=O)c2ccc(C#N)cc2C1(C)C)OC. The van der Waals surface area contributed by atoms with Gasteiger partial charge in [-0.05, 0) is 56.2 Å². The van der Waals surface area contributed by atoms with Gasteiger partial charge in [0.15, 0.2) is 0 Å². The molecule has 0 atom stereocenters. The number of benzene rings is 1. The Labute approximate surface area is 143 Å². The number of allylic oxidation sites excluding steroid dienone is 3. The second-order valence-corrected chi connectivity index (χ2v) is 6.09. The molecule has 4 nitrogen and oxygen atoms in total. The molecular weight excluding hydrogens is 300 g/mol. The van der Waals surface area contributed by atoms with Gasteiger partial charge in [-0.25, -0.2) is 0 Å². The summed E-state index contributed by atoms with van der Waals surface area (Å²) in [5.41, 5.74) is 1.76. The van der Waals surface area contributed by atoms with Crippen LogP contribution in [0.5, 0.6) is 0 Å². The maximum Gasteiger partial charge on any atom is 0.254 e. The van der Waals surface area contributed by atoms with Crippen LogP contribution in [0, 0.1) is 11.3 Å². The molecule has 1 aliphatic heterocycles. The molecule has 24 heavy (non-hydrogen) atoms. The van der Waals surface area contributed by atoms with Gasteiger partial charge in [0.05, 0.1) is 24.3 Å². The lowest BCUT2D eigenvalue weighted by atomic mass is 9.92. The van der Waals surface area contributed by atoms with E-state index in [1.54, 1.807) is 31.4 Å². The minimum atomic E-state index is -0.422. The fourth-order valence-electron chi connectivity index (χ4n) is 2.94. The summed E-state index contributed by atoms with van der Waals surface area (Å²) < 4.78 is 5.19. The third-order valence-corrected chi connectivity index (χ3v) is 4.28. The molecule has 0 saturated heterocycles. The average molecular weight is 322 g/mol. The molecule has 0 bridgehead atoms. The van der Waals surface area contributed by atoms with Crippen molar-refractivity contribution in [2.24, 2.45) is 0 Å². The Hall–Kier alpha value is -2.80. The number of hydrogen-bond acceptors (Lipinski definition) is 3. The van der Waals surface area contributed by atoms with Gasteiger partial charge in [0.2, 0.25) is 0 Å². The summed E-state index contributed by atoms with van der Waals surface area (Å²) in [5, 5.41) is 9.08. The largest absolute Gasteiger partial charge is 0.497 e. The number of ether oxygens (including phenoxy) is 1. The molecule has 124 valence electrons. The van der Waals surface area contributed by atoms with E-state index in [4.69, 9.17) is 10.00 Å². The zero-order valence-electron chi connectivity index (χ0n) is 14.4. The van der Waals surface area contributed by atoms with E-state index in [0.717, 1.165) is 11.3 Å². The maximum absolute atomic E-state index is 12.7. The van der Waals surface area contributed by atoms with Crippen LogP contribution in [0.1, 0.15) is 41.8 Å². The molecule has 0 N–H and O–H groups in total. The van der Waals surface area contributed by atoms with Crippen molar-refractivity contribution >= 4 is 5.91 Å². The molecule has 1 aliphatic rings. The summed E-state index contributed by atoms with van der Waals surface area (Å²) in [4.78, 5) is 14.5. The van der Waals surface area contributed by atoms with Crippen molar-refractivity contribution in [2.45, 2.75) is 25.8 Å². The summed E-state index contributed by atoms with van der Waals surface area (Å²) in [6, 6.07) is 7.41. The summed E-state index contributed by atoms with van der Waals surface area (Å²) >= 11 is 0. The highest BCUT2D eigenvalue weighted by atomic mass is 16.5. The number of fused-ring (bicyclic) bond motifs is 1. The van der Waals surface area contributed by atoms with Crippen molar-refractivity contribution in [1.29, 1.82) is 5.26 Å². The first kappa shape index (κ1) is 17.6. The smallest absolute Gasteiger partial charge is 0.254 e. The molecule has 0 spiro atoms. The van der Waals surface area contributed by atoms with Gasteiger partial charge >= 0.3 is 0 Å². The van der Waals surface area contributed by atoms with Crippen LogP contribution < -0.4 is 0 Å². The number of nitriles is 1. The molecule has 1 aromatic carbocycles. The molecule has 0 saturated carbocycles. The second-order valence-electron chi connectivity index (χ2n) is 6.09. The van der Waals surface area contributed by atoms with E-state index in [0.29, 0.717) is 24.1 Å². The van der Waals surface area contributed by atoms with Crippen molar-refractivity contribution < 1.29 is 9.53 Å². The Morgan fingerprint density at radius 1 is 1.46 bits per heavy atom. The topological polar surface area (TPSA) is 53.3 Å². The van der Waals surface area contributed by atoms with Crippen LogP contribution >= 0.6 is 0 Å². The van der Waals surface area contributed by atoms with Gasteiger partial charge in [0.25, 0.3) is 5.91 Å². The van der Waals surface area contributed by atoms with E-state index in [1.165, 1.54) is 0 Å². The van der Waals surface area contributed by atoms with Gasteiger partial charge in [0.1, 0.15) is 5.76 Å². The third kappa shape index (κ3) is 3.26. The van der Waals surface area contributed by atoms with Crippen LogP contribution in [0.3, 0.4) is 0 Å². The molecule has 0 fully saturated rings. The van der Waals surface area contributed by atoms with E-state index in [9.17, 15) is 4.79 Å². The molecule has 2 rings (SSSR count). The highest BCUT2D eigenvalue weighted by Crippen LogP contribution is 2.39. The average Bonchev–Trinajstić information content (AvgIpc) is 2.77. The van der Waals surface area contributed by atoms with Gasteiger partial charge in [-0.1, -0.05) is 18.7 Å². The predicted molar refractivity (Wildman–Crippen MR) is 94.3 cm³/mol. The van der Waals surface area contributed by atoms with Gasteiger partial charge in [-0.2, -0.15) is 5.26 Å². The Balaban J connectivity index is 2.14. The number of hydrogen-bond donors (Lipinski definition) is 0. The zero-order valence-corrected chi connectivity index (χ0v) is 14.4. The standard InChI is InChI=1S/C20H22N2O2/c1-5-8-16(24-4)9-6-7-12-22-19(23)17-11-10-15(14-21)13-18(17)20(22,2)3/h5-6,8-11,13H,1,7,12H2,2-4H3/b9-6-,16-8+. The highest BCUT2D eigenvalue weighted by molar-refractivity contribution is 6.00. The summed E-state index contributed by atoms with van der Waals surface area (Å²) in [6.07, 6.45) is 8.01. The Kier molecular flexibility index (Phi) is 5.25. The molecule has 1 heterocycles. The Morgan fingerprint density at radius 3 is 2.83 bits per heavy atom. The number of amides is 1. The predicted octanol–water partition coefficient (Wildman–Crippen LogP) is 3.91. The summed E-state index contributed by atoms with van der Waals surface area (Å²) in [7, 11) is 1.61. The molecule has 0 radical (unpaired) electrons. The van der Waals surface area contributed by atoms with E-state index in [-0.39, 0.29) is 5.91 Å². The molecule has 0 aromatic heterocycles. The number of nitrogens with zero attached hydrogens (tertiary/aromatic N) is 2. The quantitative estimate of drug-likeness (QED) is 0.589. The van der Waals surface area contributed by atoms with Crippen LogP contribution in [0.4, 0.5) is 0 Å². The van der Waals surface area contributed by atoms with Crippen molar-refractivity contribution in [3.63, 3.8) is 0 Å². The molecular formula is C20H22N2O2. The zero-order chi connectivity index (χ0) is 17.7. The number of carbonyl (C=O) groups is 1.